The zero-order valence-corrected chi connectivity index (χ0v) is 12.3. The maximum atomic E-state index is 11.7. The van der Waals surface area contributed by atoms with Gasteiger partial charge in [0.2, 0.25) is 0 Å². The Morgan fingerprint density at radius 2 is 2.00 bits per heavy atom. The lowest BCUT2D eigenvalue weighted by molar-refractivity contribution is -0.154. The summed E-state index contributed by atoms with van der Waals surface area (Å²) in [5.74, 6) is -0.294. The van der Waals surface area contributed by atoms with Gasteiger partial charge in [0, 0.05) is 23.9 Å². The number of benzene rings is 1. The molecule has 1 heterocycles. The minimum Gasteiger partial charge on any atom is -0.508 e. The van der Waals surface area contributed by atoms with E-state index in [4.69, 9.17) is 9.15 Å². The molecule has 0 fully saturated rings. The number of rotatable bonds is 3. The summed E-state index contributed by atoms with van der Waals surface area (Å²) in [6, 6.07) is 5.93. The molecule has 0 radical (unpaired) electrons. The first kappa shape index (κ1) is 15.1. The minimum absolute atomic E-state index is 0.0231. The van der Waals surface area contributed by atoms with E-state index >= 15 is 0 Å². The lowest BCUT2D eigenvalue weighted by Crippen LogP contribution is -2.24. The molecular formula is C16H18O5. The van der Waals surface area contributed by atoms with Gasteiger partial charge in [0.05, 0.1) is 0 Å². The third-order valence-corrected chi connectivity index (χ3v) is 2.83. The Labute approximate surface area is 122 Å². The lowest BCUT2D eigenvalue weighted by atomic mass is 10.1. The molecule has 0 unspecified atom stereocenters. The summed E-state index contributed by atoms with van der Waals surface area (Å²) in [7, 11) is 0. The Kier molecular flexibility index (Phi) is 4.02. The highest BCUT2D eigenvalue weighted by Crippen LogP contribution is 2.23. The van der Waals surface area contributed by atoms with Crippen LogP contribution in [0.4, 0.5) is 0 Å². The van der Waals surface area contributed by atoms with E-state index in [1.165, 1.54) is 18.2 Å². The van der Waals surface area contributed by atoms with Gasteiger partial charge in [-0.1, -0.05) is 0 Å². The van der Waals surface area contributed by atoms with E-state index < -0.39 is 11.2 Å². The fraction of sp³-hybridized carbons (Fsp3) is 0.375. The molecule has 0 aliphatic rings. The first-order valence-electron chi connectivity index (χ1n) is 6.72. The van der Waals surface area contributed by atoms with Gasteiger partial charge in [-0.3, -0.25) is 4.79 Å². The summed E-state index contributed by atoms with van der Waals surface area (Å²) in [5.41, 5.74) is -0.0261. The molecule has 0 atom stereocenters. The van der Waals surface area contributed by atoms with Crippen LogP contribution in [0.1, 0.15) is 32.8 Å². The summed E-state index contributed by atoms with van der Waals surface area (Å²) in [6.45, 7) is 5.42. The van der Waals surface area contributed by atoms with Crippen LogP contribution in [0.2, 0.25) is 0 Å². The summed E-state index contributed by atoms with van der Waals surface area (Å²) < 4.78 is 10.3. The van der Waals surface area contributed by atoms with Gasteiger partial charge in [0.25, 0.3) is 0 Å². The molecule has 112 valence electrons. The van der Waals surface area contributed by atoms with Crippen LogP contribution in [0.25, 0.3) is 11.0 Å². The molecule has 1 aromatic carbocycles. The molecule has 5 heteroatoms. The highest BCUT2D eigenvalue weighted by molar-refractivity contribution is 5.82. The van der Waals surface area contributed by atoms with Crippen LogP contribution in [-0.2, 0) is 16.0 Å². The molecule has 1 N–H and O–H groups in total. The smallest absolute Gasteiger partial charge is 0.336 e. The van der Waals surface area contributed by atoms with Crippen molar-refractivity contribution in [3.8, 4) is 5.75 Å². The predicted octanol–water partition coefficient (Wildman–Crippen LogP) is 2.77. The lowest BCUT2D eigenvalue weighted by Gasteiger charge is -2.19. The van der Waals surface area contributed by atoms with E-state index in [9.17, 15) is 14.7 Å². The van der Waals surface area contributed by atoms with Crippen LogP contribution >= 0.6 is 0 Å². The van der Waals surface area contributed by atoms with Crippen molar-refractivity contribution in [1.82, 2.24) is 0 Å². The Morgan fingerprint density at radius 1 is 1.29 bits per heavy atom. The van der Waals surface area contributed by atoms with Crippen molar-refractivity contribution in [3.05, 3.63) is 40.2 Å². The third-order valence-electron chi connectivity index (χ3n) is 2.83. The second-order valence-corrected chi connectivity index (χ2v) is 5.86. The van der Waals surface area contributed by atoms with E-state index in [1.807, 2.05) is 0 Å². The van der Waals surface area contributed by atoms with Gasteiger partial charge in [0.15, 0.2) is 0 Å². The fourth-order valence-electron chi connectivity index (χ4n) is 2.05. The molecule has 0 aliphatic heterocycles. The number of phenols is 1. The molecule has 5 nitrogen and oxygen atoms in total. The number of aryl methyl sites for hydroxylation is 1. The van der Waals surface area contributed by atoms with E-state index in [0.29, 0.717) is 23.0 Å². The third kappa shape index (κ3) is 4.08. The van der Waals surface area contributed by atoms with Gasteiger partial charge in [-0.2, -0.15) is 0 Å². The monoisotopic (exact) mass is 290 g/mol. The van der Waals surface area contributed by atoms with Crippen LogP contribution in [-0.4, -0.2) is 16.7 Å². The molecule has 0 amide bonds. The van der Waals surface area contributed by atoms with Crippen molar-refractivity contribution in [2.24, 2.45) is 0 Å². The Morgan fingerprint density at radius 3 is 2.67 bits per heavy atom. The number of fused-ring (bicyclic) bond motifs is 1. The molecule has 2 rings (SSSR count). The van der Waals surface area contributed by atoms with E-state index in [1.54, 1.807) is 26.8 Å². The Hall–Kier alpha value is -2.30. The molecule has 0 spiro atoms. The van der Waals surface area contributed by atoms with Crippen LogP contribution in [0.5, 0.6) is 5.75 Å². The van der Waals surface area contributed by atoms with Gasteiger partial charge in [-0.15, -0.1) is 0 Å². The fourth-order valence-corrected chi connectivity index (χ4v) is 2.05. The largest absolute Gasteiger partial charge is 0.508 e. The van der Waals surface area contributed by atoms with Gasteiger partial charge in [0.1, 0.15) is 16.9 Å². The van der Waals surface area contributed by atoms with Gasteiger partial charge in [-0.05, 0) is 44.9 Å². The molecule has 21 heavy (non-hydrogen) atoms. The van der Waals surface area contributed by atoms with Crippen molar-refractivity contribution in [1.29, 1.82) is 0 Å². The zero-order valence-electron chi connectivity index (χ0n) is 12.3. The van der Waals surface area contributed by atoms with Crippen molar-refractivity contribution in [3.63, 3.8) is 0 Å². The number of phenolic OH excluding ortho intramolecular Hbond substituents is 1. The summed E-state index contributed by atoms with van der Waals surface area (Å²) >= 11 is 0. The number of hydrogen-bond acceptors (Lipinski definition) is 5. The number of carbonyl (C=O) groups excluding carboxylic acids is 1. The predicted molar refractivity (Wildman–Crippen MR) is 78.3 cm³/mol. The van der Waals surface area contributed by atoms with Crippen LogP contribution in [0, 0.1) is 0 Å². The molecule has 1 aromatic heterocycles. The molecule has 0 aliphatic carbocycles. The minimum atomic E-state index is -0.527. The molecular weight excluding hydrogens is 272 g/mol. The van der Waals surface area contributed by atoms with Crippen molar-refractivity contribution in [2.45, 2.75) is 39.2 Å². The molecule has 0 saturated carbocycles. The molecule has 2 aromatic rings. The standard InChI is InChI=1S/C16H18O5/c1-16(2,3)21-14(18)7-4-10-8-15(19)20-13-9-11(17)5-6-12(10)13/h5-6,8-9,17H,4,7H2,1-3H3. The number of carbonyl (C=O) groups is 1. The Balaban J connectivity index is 2.22. The molecule has 0 saturated heterocycles. The van der Waals surface area contributed by atoms with Crippen LogP contribution in [0.3, 0.4) is 0 Å². The number of aromatic hydroxyl groups is 1. The number of esters is 1. The first-order chi connectivity index (χ1) is 9.74. The van der Waals surface area contributed by atoms with E-state index in [2.05, 4.69) is 0 Å². The summed E-state index contributed by atoms with van der Waals surface area (Å²) in [5, 5.41) is 10.1. The highest BCUT2D eigenvalue weighted by atomic mass is 16.6. The average molecular weight is 290 g/mol. The number of hydrogen-bond donors (Lipinski definition) is 1. The normalized spacial score (nSPS) is 11.6. The number of ether oxygens (including phenoxy) is 1. The summed E-state index contributed by atoms with van der Waals surface area (Å²) in [6.07, 6.45) is 0.554. The zero-order chi connectivity index (χ0) is 15.6. The van der Waals surface area contributed by atoms with Gasteiger partial charge >= 0.3 is 11.6 Å². The van der Waals surface area contributed by atoms with Gasteiger partial charge < -0.3 is 14.3 Å². The highest BCUT2D eigenvalue weighted by Gasteiger charge is 2.16. The second-order valence-electron chi connectivity index (χ2n) is 5.86. The molecule has 0 bridgehead atoms. The summed E-state index contributed by atoms with van der Waals surface area (Å²) in [4.78, 5) is 23.3. The SMILES string of the molecule is CC(C)(C)OC(=O)CCc1cc(=O)oc2cc(O)ccc12. The van der Waals surface area contributed by atoms with E-state index in [-0.39, 0.29) is 18.1 Å². The first-order valence-corrected chi connectivity index (χ1v) is 6.72. The maximum Gasteiger partial charge on any atom is 0.336 e. The van der Waals surface area contributed by atoms with Gasteiger partial charge in [-0.25, -0.2) is 4.79 Å². The van der Waals surface area contributed by atoms with Crippen LogP contribution in [0.15, 0.2) is 33.5 Å². The average Bonchev–Trinajstić information content (AvgIpc) is 2.33. The van der Waals surface area contributed by atoms with E-state index in [0.717, 1.165) is 0 Å². The topological polar surface area (TPSA) is 76.7 Å². The van der Waals surface area contributed by atoms with Crippen molar-refractivity contribution >= 4 is 16.9 Å². The maximum absolute atomic E-state index is 11.7. The Bertz CT molecular complexity index is 722. The van der Waals surface area contributed by atoms with Crippen molar-refractivity contribution < 1.29 is 19.1 Å². The quantitative estimate of drug-likeness (QED) is 0.694. The second kappa shape index (κ2) is 5.60. The van der Waals surface area contributed by atoms with Crippen LogP contribution < -0.4 is 5.63 Å². The van der Waals surface area contributed by atoms with Crippen molar-refractivity contribution in [2.75, 3.05) is 0 Å².